The fourth-order valence-corrected chi connectivity index (χ4v) is 5.42. The van der Waals surface area contributed by atoms with Crippen molar-refractivity contribution in [2.24, 2.45) is 0 Å². The summed E-state index contributed by atoms with van der Waals surface area (Å²) in [6, 6.07) is -0.131. The highest BCUT2D eigenvalue weighted by atomic mass is 32.2. The first-order chi connectivity index (χ1) is 9.93. The molecule has 3 rings (SSSR count). The van der Waals surface area contributed by atoms with Gasteiger partial charge >= 0.3 is 0 Å². The zero-order valence-electron chi connectivity index (χ0n) is 12.2. The number of nitrogen functional groups attached to an aromatic ring is 1. The van der Waals surface area contributed by atoms with Gasteiger partial charge in [0.25, 0.3) is 0 Å². The zero-order valence-corrected chi connectivity index (χ0v) is 13.8. The van der Waals surface area contributed by atoms with Crippen LogP contribution >= 0.6 is 11.3 Å². The topological polar surface area (TPSA) is 78.0 Å². The van der Waals surface area contributed by atoms with E-state index in [9.17, 15) is 8.42 Å². The standard InChI is InChI=1S/C14H19N3O2S2/c1-3-11-13(12-7-20-6-9(12)2)16-17(14(11)15)10-4-5-21(18,19)8-10/h6-7,10H,3-5,8,15H2,1-2H3. The lowest BCUT2D eigenvalue weighted by molar-refractivity contribution is 0.508. The van der Waals surface area contributed by atoms with Crippen LogP contribution in [-0.4, -0.2) is 29.7 Å². The molecule has 0 aromatic carbocycles. The van der Waals surface area contributed by atoms with E-state index in [2.05, 4.69) is 22.8 Å². The van der Waals surface area contributed by atoms with Gasteiger partial charge in [-0.3, -0.25) is 0 Å². The summed E-state index contributed by atoms with van der Waals surface area (Å²) in [6.07, 6.45) is 1.38. The largest absolute Gasteiger partial charge is 0.384 e. The summed E-state index contributed by atoms with van der Waals surface area (Å²) in [6.45, 7) is 4.11. The van der Waals surface area contributed by atoms with Crippen molar-refractivity contribution in [3.8, 4) is 11.3 Å². The van der Waals surface area contributed by atoms with Crippen molar-refractivity contribution in [3.63, 3.8) is 0 Å². The van der Waals surface area contributed by atoms with Crippen LogP contribution < -0.4 is 5.73 Å². The Morgan fingerprint density at radius 1 is 1.48 bits per heavy atom. The summed E-state index contributed by atoms with van der Waals surface area (Å²) in [7, 11) is -2.95. The molecule has 0 spiro atoms. The van der Waals surface area contributed by atoms with Crippen LogP contribution in [0.25, 0.3) is 11.3 Å². The first kappa shape index (κ1) is 14.6. The zero-order chi connectivity index (χ0) is 15.2. The van der Waals surface area contributed by atoms with E-state index in [0.717, 1.165) is 23.2 Å². The number of hydrogen-bond donors (Lipinski definition) is 1. The number of nitrogens with two attached hydrogens (primary N) is 1. The molecule has 21 heavy (non-hydrogen) atoms. The lowest BCUT2D eigenvalue weighted by Crippen LogP contribution is -2.15. The van der Waals surface area contributed by atoms with Crippen LogP contribution in [0.4, 0.5) is 5.82 Å². The van der Waals surface area contributed by atoms with Gasteiger partial charge in [-0.25, -0.2) is 13.1 Å². The number of rotatable bonds is 3. The molecular formula is C14H19N3O2S2. The van der Waals surface area contributed by atoms with E-state index >= 15 is 0 Å². The van der Waals surface area contributed by atoms with Crippen molar-refractivity contribution in [3.05, 3.63) is 21.9 Å². The van der Waals surface area contributed by atoms with Gasteiger partial charge in [0.2, 0.25) is 0 Å². The van der Waals surface area contributed by atoms with E-state index in [-0.39, 0.29) is 17.5 Å². The van der Waals surface area contributed by atoms with Crippen LogP contribution in [0.1, 0.15) is 30.5 Å². The number of nitrogens with zero attached hydrogens (tertiary/aromatic N) is 2. The average Bonchev–Trinajstić information content (AvgIpc) is 3.07. The van der Waals surface area contributed by atoms with Gasteiger partial charge in [0.15, 0.2) is 9.84 Å². The number of aromatic nitrogens is 2. The van der Waals surface area contributed by atoms with Gasteiger partial charge in [-0.2, -0.15) is 16.4 Å². The Bertz CT molecular complexity index is 774. The molecule has 3 heterocycles. The smallest absolute Gasteiger partial charge is 0.152 e. The highest BCUT2D eigenvalue weighted by molar-refractivity contribution is 7.91. The quantitative estimate of drug-likeness (QED) is 0.940. The van der Waals surface area contributed by atoms with Crippen LogP contribution in [-0.2, 0) is 16.3 Å². The number of hydrogen-bond acceptors (Lipinski definition) is 5. The summed E-state index contributed by atoms with van der Waals surface area (Å²) in [5.74, 6) is 0.982. The van der Waals surface area contributed by atoms with Gasteiger partial charge in [-0.05, 0) is 30.7 Å². The molecule has 0 amide bonds. The summed E-state index contributed by atoms with van der Waals surface area (Å²) in [5.41, 5.74) is 10.4. The minimum absolute atomic E-state index is 0.131. The molecule has 114 valence electrons. The minimum atomic E-state index is -2.95. The van der Waals surface area contributed by atoms with Crippen molar-refractivity contribution in [2.45, 2.75) is 32.7 Å². The maximum atomic E-state index is 11.7. The Labute approximate surface area is 128 Å². The molecule has 5 nitrogen and oxygen atoms in total. The molecule has 7 heteroatoms. The number of anilines is 1. The van der Waals surface area contributed by atoms with E-state index in [4.69, 9.17) is 5.73 Å². The van der Waals surface area contributed by atoms with Gasteiger partial charge in [0.1, 0.15) is 5.82 Å². The Morgan fingerprint density at radius 3 is 2.76 bits per heavy atom. The Kier molecular flexibility index (Phi) is 3.57. The number of thiophene rings is 1. The van der Waals surface area contributed by atoms with E-state index in [1.165, 1.54) is 5.56 Å². The molecule has 1 aliphatic heterocycles. The molecule has 1 fully saturated rings. The lowest BCUT2D eigenvalue weighted by Gasteiger charge is -2.10. The second-order valence-corrected chi connectivity index (χ2v) is 8.51. The summed E-state index contributed by atoms with van der Waals surface area (Å²) < 4.78 is 25.1. The van der Waals surface area contributed by atoms with Crippen LogP contribution in [0.2, 0.25) is 0 Å². The average molecular weight is 325 g/mol. The molecule has 2 aromatic rings. The Balaban J connectivity index is 2.08. The maximum Gasteiger partial charge on any atom is 0.152 e. The predicted octanol–water partition coefficient (Wildman–Crippen LogP) is 2.42. The fraction of sp³-hybridized carbons (Fsp3) is 0.500. The molecule has 2 N–H and O–H groups in total. The van der Waals surface area contributed by atoms with Gasteiger partial charge in [-0.15, -0.1) is 0 Å². The molecular weight excluding hydrogens is 306 g/mol. The van der Waals surface area contributed by atoms with Crippen LogP contribution in [0, 0.1) is 6.92 Å². The first-order valence-electron chi connectivity index (χ1n) is 7.03. The lowest BCUT2D eigenvalue weighted by atomic mass is 10.1. The normalized spacial score (nSPS) is 21.0. The van der Waals surface area contributed by atoms with Crippen molar-refractivity contribution in [2.75, 3.05) is 17.2 Å². The third kappa shape index (κ3) is 2.48. The maximum absolute atomic E-state index is 11.7. The number of sulfone groups is 1. The summed E-state index contributed by atoms with van der Waals surface area (Å²) in [5, 5.41) is 8.83. The summed E-state index contributed by atoms with van der Waals surface area (Å²) >= 11 is 1.64. The van der Waals surface area contributed by atoms with Gasteiger partial charge in [0, 0.05) is 16.5 Å². The van der Waals surface area contributed by atoms with Crippen LogP contribution in [0.5, 0.6) is 0 Å². The van der Waals surface area contributed by atoms with Gasteiger partial charge in [-0.1, -0.05) is 6.92 Å². The van der Waals surface area contributed by atoms with Gasteiger partial charge in [0.05, 0.1) is 23.2 Å². The van der Waals surface area contributed by atoms with Crippen molar-refractivity contribution < 1.29 is 8.42 Å². The summed E-state index contributed by atoms with van der Waals surface area (Å²) in [4.78, 5) is 0. The van der Waals surface area contributed by atoms with Gasteiger partial charge < -0.3 is 5.73 Å². The minimum Gasteiger partial charge on any atom is -0.384 e. The molecule has 1 saturated heterocycles. The third-order valence-corrected chi connectivity index (χ3v) is 6.68. The highest BCUT2D eigenvalue weighted by Crippen LogP contribution is 2.35. The molecule has 0 saturated carbocycles. The monoisotopic (exact) mass is 325 g/mol. The Morgan fingerprint density at radius 2 is 2.24 bits per heavy atom. The molecule has 0 aliphatic carbocycles. The van der Waals surface area contributed by atoms with Crippen molar-refractivity contribution in [1.82, 2.24) is 9.78 Å². The predicted molar refractivity (Wildman–Crippen MR) is 86.4 cm³/mol. The second-order valence-electron chi connectivity index (χ2n) is 5.54. The molecule has 1 atom stereocenters. The molecule has 1 unspecified atom stereocenters. The van der Waals surface area contributed by atoms with E-state index in [1.807, 2.05) is 6.92 Å². The highest BCUT2D eigenvalue weighted by Gasteiger charge is 2.32. The Hall–Kier alpha value is -1.34. The van der Waals surface area contributed by atoms with Crippen molar-refractivity contribution in [1.29, 1.82) is 0 Å². The molecule has 1 aliphatic rings. The molecule has 0 radical (unpaired) electrons. The molecule has 2 aromatic heterocycles. The third-order valence-electron chi connectivity index (χ3n) is 4.07. The number of aryl methyl sites for hydroxylation is 1. The second kappa shape index (κ2) is 5.14. The first-order valence-corrected chi connectivity index (χ1v) is 9.79. The fourth-order valence-electron chi connectivity index (χ4n) is 2.90. The van der Waals surface area contributed by atoms with E-state index < -0.39 is 9.84 Å². The van der Waals surface area contributed by atoms with Crippen molar-refractivity contribution >= 4 is 27.0 Å². The van der Waals surface area contributed by atoms with E-state index in [0.29, 0.717) is 12.2 Å². The van der Waals surface area contributed by atoms with E-state index in [1.54, 1.807) is 16.0 Å². The van der Waals surface area contributed by atoms with Crippen LogP contribution in [0.3, 0.4) is 0 Å². The SMILES string of the molecule is CCc1c(-c2cscc2C)nn(C2CCS(=O)(=O)C2)c1N. The van der Waals surface area contributed by atoms with Crippen LogP contribution in [0.15, 0.2) is 10.8 Å². The molecule has 0 bridgehead atoms.